The second-order valence-corrected chi connectivity index (χ2v) is 7.45. The third kappa shape index (κ3) is 6.78. The first-order chi connectivity index (χ1) is 13.8. The molecule has 0 radical (unpaired) electrons. The van der Waals surface area contributed by atoms with Gasteiger partial charge in [0.15, 0.2) is 11.5 Å². The summed E-state index contributed by atoms with van der Waals surface area (Å²) in [5.41, 5.74) is 2.59. The molecule has 2 amide bonds. The number of nitrogens with zero attached hydrogens (tertiary/aromatic N) is 1. The van der Waals surface area contributed by atoms with E-state index >= 15 is 0 Å². The maximum atomic E-state index is 12.6. The summed E-state index contributed by atoms with van der Waals surface area (Å²) in [5.74, 6) is 0.810. The average molecular weight is 463 g/mol. The molecular formula is C22H27BrN2O4. The van der Waals surface area contributed by atoms with Crippen molar-refractivity contribution in [1.29, 1.82) is 0 Å². The van der Waals surface area contributed by atoms with Crippen molar-refractivity contribution in [2.24, 2.45) is 0 Å². The zero-order valence-corrected chi connectivity index (χ0v) is 18.8. The average Bonchev–Trinajstić information content (AvgIpc) is 2.67. The normalized spacial score (nSPS) is 10.4. The molecule has 0 fully saturated rings. The van der Waals surface area contributed by atoms with Gasteiger partial charge in [-0.05, 0) is 50.6 Å². The highest BCUT2D eigenvalue weighted by molar-refractivity contribution is 9.10. The highest BCUT2D eigenvalue weighted by Gasteiger charge is 2.17. The van der Waals surface area contributed by atoms with Crippen LogP contribution in [0.2, 0.25) is 0 Å². The van der Waals surface area contributed by atoms with E-state index in [1.165, 1.54) is 4.90 Å². The summed E-state index contributed by atoms with van der Waals surface area (Å²) in [7, 11) is 1.61. The molecule has 0 aliphatic heterocycles. The van der Waals surface area contributed by atoms with Gasteiger partial charge in [-0.25, -0.2) is 0 Å². The van der Waals surface area contributed by atoms with Crippen LogP contribution in [0, 0.1) is 6.92 Å². The fourth-order valence-corrected chi connectivity index (χ4v) is 3.15. The van der Waals surface area contributed by atoms with E-state index in [1.54, 1.807) is 19.2 Å². The third-order valence-electron chi connectivity index (χ3n) is 4.20. The van der Waals surface area contributed by atoms with Crippen molar-refractivity contribution in [3.63, 3.8) is 0 Å². The van der Waals surface area contributed by atoms with Gasteiger partial charge in [0.05, 0.1) is 26.2 Å². The summed E-state index contributed by atoms with van der Waals surface area (Å²) >= 11 is 3.50. The standard InChI is InChI=1S/C22H27BrN2O4/c1-5-28-19-11-16(18(23)13-20(19)29-6-2)12-22(27)25(4)14-21(26)24-17-9-7-15(3)8-10-17/h7-11,13H,5-6,12,14H2,1-4H3,(H,24,26). The Morgan fingerprint density at radius 3 is 2.21 bits per heavy atom. The van der Waals surface area contributed by atoms with Gasteiger partial charge in [0.1, 0.15) is 0 Å². The van der Waals surface area contributed by atoms with Crippen LogP contribution < -0.4 is 14.8 Å². The molecule has 0 heterocycles. The lowest BCUT2D eigenvalue weighted by Gasteiger charge is -2.18. The van der Waals surface area contributed by atoms with Gasteiger partial charge in [-0.3, -0.25) is 9.59 Å². The molecule has 0 aromatic heterocycles. The summed E-state index contributed by atoms with van der Waals surface area (Å²) in [6.45, 7) is 6.76. The number of nitrogens with one attached hydrogen (secondary N) is 1. The van der Waals surface area contributed by atoms with E-state index in [4.69, 9.17) is 9.47 Å². The Hall–Kier alpha value is -2.54. The van der Waals surface area contributed by atoms with Crippen molar-refractivity contribution in [3.8, 4) is 11.5 Å². The lowest BCUT2D eigenvalue weighted by molar-refractivity contribution is -0.132. The number of likely N-dealkylation sites (N-methyl/N-ethyl adjacent to an activating group) is 1. The number of hydrogen-bond acceptors (Lipinski definition) is 4. The number of amides is 2. The highest BCUT2D eigenvalue weighted by Crippen LogP contribution is 2.34. The highest BCUT2D eigenvalue weighted by atomic mass is 79.9. The van der Waals surface area contributed by atoms with E-state index in [9.17, 15) is 9.59 Å². The first kappa shape index (κ1) is 22.7. The number of rotatable bonds is 9. The van der Waals surface area contributed by atoms with Crippen molar-refractivity contribution >= 4 is 33.4 Å². The van der Waals surface area contributed by atoms with Gasteiger partial charge in [0.2, 0.25) is 11.8 Å². The van der Waals surface area contributed by atoms with Crippen LogP contribution in [0.5, 0.6) is 11.5 Å². The minimum atomic E-state index is -0.245. The van der Waals surface area contributed by atoms with Crippen LogP contribution >= 0.6 is 15.9 Å². The fraction of sp³-hybridized carbons (Fsp3) is 0.364. The Morgan fingerprint density at radius 1 is 1.03 bits per heavy atom. The quantitative estimate of drug-likeness (QED) is 0.606. The van der Waals surface area contributed by atoms with E-state index in [-0.39, 0.29) is 24.8 Å². The molecule has 7 heteroatoms. The van der Waals surface area contributed by atoms with E-state index < -0.39 is 0 Å². The summed E-state index contributed by atoms with van der Waals surface area (Å²) in [5, 5.41) is 2.80. The molecule has 0 bridgehead atoms. The topological polar surface area (TPSA) is 67.9 Å². The number of anilines is 1. The van der Waals surface area contributed by atoms with Gasteiger partial charge in [-0.2, -0.15) is 0 Å². The molecule has 2 rings (SSSR count). The number of aryl methyl sites for hydroxylation is 1. The zero-order valence-electron chi connectivity index (χ0n) is 17.3. The molecule has 0 unspecified atom stereocenters. The van der Waals surface area contributed by atoms with E-state index in [2.05, 4.69) is 21.2 Å². The molecule has 2 aromatic rings. The van der Waals surface area contributed by atoms with Crippen LogP contribution in [0.4, 0.5) is 5.69 Å². The second-order valence-electron chi connectivity index (χ2n) is 6.60. The third-order valence-corrected chi connectivity index (χ3v) is 4.93. The zero-order chi connectivity index (χ0) is 21.4. The number of carbonyl (C=O) groups excluding carboxylic acids is 2. The molecular weight excluding hydrogens is 436 g/mol. The Labute approximate surface area is 180 Å². The van der Waals surface area contributed by atoms with Crippen LogP contribution in [0.1, 0.15) is 25.0 Å². The lowest BCUT2D eigenvalue weighted by atomic mass is 10.1. The van der Waals surface area contributed by atoms with Gasteiger partial charge in [-0.15, -0.1) is 0 Å². The van der Waals surface area contributed by atoms with Crippen LogP contribution in [0.15, 0.2) is 40.9 Å². The number of hydrogen-bond donors (Lipinski definition) is 1. The van der Waals surface area contributed by atoms with Crippen molar-refractivity contribution in [3.05, 3.63) is 52.0 Å². The van der Waals surface area contributed by atoms with Crippen molar-refractivity contribution in [2.75, 3.05) is 32.1 Å². The van der Waals surface area contributed by atoms with Crippen molar-refractivity contribution in [2.45, 2.75) is 27.2 Å². The molecule has 0 saturated heterocycles. The number of ether oxygens (including phenoxy) is 2. The summed E-state index contributed by atoms with van der Waals surface area (Å²) in [6.07, 6.45) is 0.140. The minimum Gasteiger partial charge on any atom is -0.490 e. The van der Waals surface area contributed by atoms with E-state index in [0.29, 0.717) is 30.4 Å². The first-order valence-corrected chi connectivity index (χ1v) is 10.3. The van der Waals surface area contributed by atoms with Crippen molar-refractivity contribution in [1.82, 2.24) is 4.90 Å². The number of carbonyl (C=O) groups is 2. The molecule has 0 atom stereocenters. The molecule has 1 N–H and O–H groups in total. The largest absolute Gasteiger partial charge is 0.490 e. The summed E-state index contributed by atoms with van der Waals surface area (Å²) < 4.78 is 12.0. The van der Waals surface area contributed by atoms with Crippen LogP contribution in [0.25, 0.3) is 0 Å². The molecule has 0 aliphatic rings. The van der Waals surface area contributed by atoms with Crippen LogP contribution in [0.3, 0.4) is 0 Å². The predicted octanol–water partition coefficient (Wildman–Crippen LogP) is 4.19. The number of halogens is 1. The minimum absolute atomic E-state index is 0.0281. The van der Waals surface area contributed by atoms with Gasteiger partial charge in [0, 0.05) is 17.2 Å². The first-order valence-electron chi connectivity index (χ1n) is 9.52. The molecule has 2 aromatic carbocycles. The lowest BCUT2D eigenvalue weighted by Crippen LogP contribution is -2.35. The Kier molecular flexibility index (Phi) is 8.51. The fourth-order valence-electron chi connectivity index (χ4n) is 2.69. The molecule has 0 spiro atoms. The molecule has 156 valence electrons. The van der Waals surface area contributed by atoms with Gasteiger partial charge in [-0.1, -0.05) is 33.6 Å². The Bertz CT molecular complexity index is 853. The maximum absolute atomic E-state index is 12.6. The smallest absolute Gasteiger partial charge is 0.243 e. The van der Waals surface area contributed by atoms with Gasteiger partial charge in [0.25, 0.3) is 0 Å². The monoisotopic (exact) mass is 462 g/mol. The van der Waals surface area contributed by atoms with Crippen molar-refractivity contribution < 1.29 is 19.1 Å². The Balaban J connectivity index is 2.01. The molecule has 6 nitrogen and oxygen atoms in total. The SMILES string of the molecule is CCOc1cc(Br)c(CC(=O)N(C)CC(=O)Nc2ccc(C)cc2)cc1OCC. The van der Waals surface area contributed by atoms with Gasteiger partial charge >= 0.3 is 0 Å². The summed E-state index contributed by atoms with van der Waals surface area (Å²) in [4.78, 5) is 26.3. The Morgan fingerprint density at radius 2 is 1.62 bits per heavy atom. The van der Waals surface area contributed by atoms with E-state index in [1.807, 2.05) is 45.0 Å². The maximum Gasteiger partial charge on any atom is 0.243 e. The van der Waals surface area contributed by atoms with Crippen LogP contribution in [-0.4, -0.2) is 43.5 Å². The van der Waals surface area contributed by atoms with E-state index in [0.717, 1.165) is 15.6 Å². The predicted molar refractivity (Wildman–Crippen MR) is 118 cm³/mol. The summed E-state index contributed by atoms with van der Waals surface area (Å²) in [6, 6.07) is 11.1. The van der Waals surface area contributed by atoms with Crippen LogP contribution in [-0.2, 0) is 16.0 Å². The van der Waals surface area contributed by atoms with Gasteiger partial charge < -0.3 is 19.7 Å². The molecule has 0 aliphatic carbocycles. The second kappa shape index (κ2) is 10.9. The molecule has 0 saturated carbocycles. The number of benzene rings is 2. The molecule has 29 heavy (non-hydrogen) atoms.